The van der Waals surface area contributed by atoms with Crippen molar-refractivity contribution in [2.24, 2.45) is 0 Å². The maximum Gasteiger partial charge on any atom is 0.389 e. The van der Waals surface area contributed by atoms with E-state index in [4.69, 9.17) is 4.42 Å². The molecule has 0 saturated carbocycles. The van der Waals surface area contributed by atoms with Gasteiger partial charge in [0.15, 0.2) is 0 Å². The molecule has 0 N–H and O–H groups in total. The van der Waals surface area contributed by atoms with E-state index in [1.807, 2.05) is 0 Å². The molecule has 0 bridgehead atoms. The van der Waals surface area contributed by atoms with Crippen molar-refractivity contribution in [3.8, 4) is 0 Å². The lowest BCUT2D eigenvalue weighted by Gasteiger charge is -1.93. The van der Waals surface area contributed by atoms with E-state index >= 15 is 0 Å². The SMILES string of the molecule is COC(=O)Cc1nnc(Cn2ccc([N+](=O)[O-])n2)o1. The van der Waals surface area contributed by atoms with Gasteiger partial charge in [-0.05, 0) is 4.92 Å². The summed E-state index contributed by atoms with van der Waals surface area (Å²) in [5.41, 5.74) is 0. The zero-order valence-electron chi connectivity index (χ0n) is 9.85. The number of carbonyl (C=O) groups excluding carboxylic acids is 1. The molecular formula is C9H9N5O5. The van der Waals surface area contributed by atoms with Crippen LogP contribution in [-0.4, -0.2) is 38.0 Å². The molecule has 2 aromatic rings. The first kappa shape index (κ1) is 12.7. The van der Waals surface area contributed by atoms with E-state index in [-0.39, 0.29) is 30.6 Å². The van der Waals surface area contributed by atoms with Crippen LogP contribution in [-0.2, 0) is 22.5 Å². The fourth-order valence-electron chi connectivity index (χ4n) is 1.29. The molecule has 2 heterocycles. The van der Waals surface area contributed by atoms with Crippen LogP contribution in [0, 0.1) is 10.1 Å². The predicted octanol–water partition coefficient (Wildman–Crippen LogP) is -0.0619. The van der Waals surface area contributed by atoms with Gasteiger partial charge in [0.05, 0.1) is 24.5 Å². The summed E-state index contributed by atoms with van der Waals surface area (Å²) in [6.45, 7) is 0.0853. The van der Waals surface area contributed by atoms with Crippen LogP contribution < -0.4 is 0 Å². The van der Waals surface area contributed by atoms with E-state index in [1.165, 1.54) is 24.1 Å². The first-order valence-corrected chi connectivity index (χ1v) is 5.14. The van der Waals surface area contributed by atoms with Crippen LogP contribution in [0.2, 0.25) is 0 Å². The molecular weight excluding hydrogens is 258 g/mol. The molecule has 0 spiro atoms. The van der Waals surface area contributed by atoms with Gasteiger partial charge >= 0.3 is 11.8 Å². The van der Waals surface area contributed by atoms with E-state index in [2.05, 4.69) is 20.0 Å². The molecule has 100 valence electrons. The lowest BCUT2D eigenvalue weighted by molar-refractivity contribution is -0.389. The van der Waals surface area contributed by atoms with Crippen molar-refractivity contribution in [1.82, 2.24) is 20.0 Å². The Morgan fingerprint density at radius 2 is 2.26 bits per heavy atom. The van der Waals surface area contributed by atoms with Crippen molar-refractivity contribution in [2.45, 2.75) is 13.0 Å². The predicted molar refractivity (Wildman–Crippen MR) is 58.0 cm³/mol. The normalized spacial score (nSPS) is 10.4. The number of aromatic nitrogens is 4. The summed E-state index contributed by atoms with van der Waals surface area (Å²) in [6, 6.07) is 1.26. The van der Waals surface area contributed by atoms with E-state index in [0.29, 0.717) is 0 Å². The Labute approximate surface area is 106 Å². The summed E-state index contributed by atoms with van der Waals surface area (Å²) in [4.78, 5) is 20.8. The summed E-state index contributed by atoms with van der Waals surface area (Å²) < 4.78 is 10.9. The molecule has 2 rings (SSSR count). The number of ether oxygens (including phenoxy) is 1. The first-order chi connectivity index (χ1) is 9.08. The largest absolute Gasteiger partial charge is 0.469 e. The van der Waals surface area contributed by atoms with Crippen molar-refractivity contribution in [3.63, 3.8) is 0 Å². The van der Waals surface area contributed by atoms with E-state index < -0.39 is 10.9 Å². The van der Waals surface area contributed by atoms with E-state index in [1.54, 1.807) is 0 Å². The number of methoxy groups -OCH3 is 1. The average Bonchev–Trinajstić information content (AvgIpc) is 2.99. The minimum Gasteiger partial charge on any atom is -0.469 e. The van der Waals surface area contributed by atoms with Gasteiger partial charge in [0.1, 0.15) is 13.0 Å². The molecule has 0 atom stereocenters. The standard InChI is InChI=1S/C9H9N5O5/c1-18-9(15)4-7-10-11-8(19-7)5-13-3-2-6(12-13)14(16)17/h2-3H,4-5H2,1H3. The van der Waals surface area contributed by atoms with Crippen LogP contribution in [0.4, 0.5) is 5.82 Å². The molecule has 0 aliphatic heterocycles. The number of carbonyl (C=O) groups is 1. The maximum atomic E-state index is 11.0. The zero-order valence-corrected chi connectivity index (χ0v) is 9.85. The van der Waals surface area contributed by atoms with Crippen LogP contribution >= 0.6 is 0 Å². The molecule has 19 heavy (non-hydrogen) atoms. The molecule has 0 aliphatic carbocycles. The van der Waals surface area contributed by atoms with Gasteiger partial charge in [0.2, 0.25) is 11.8 Å². The smallest absolute Gasteiger partial charge is 0.389 e. The van der Waals surface area contributed by atoms with Crippen LogP contribution in [0.5, 0.6) is 0 Å². The summed E-state index contributed by atoms with van der Waals surface area (Å²) in [5, 5.41) is 21.5. The summed E-state index contributed by atoms with van der Waals surface area (Å²) in [5.74, 6) is -0.459. The van der Waals surface area contributed by atoms with E-state index in [0.717, 1.165) is 0 Å². The first-order valence-electron chi connectivity index (χ1n) is 5.14. The number of hydrogen-bond acceptors (Lipinski definition) is 8. The molecule has 0 saturated heterocycles. The van der Waals surface area contributed by atoms with Crippen molar-refractivity contribution in [2.75, 3.05) is 7.11 Å². The van der Waals surface area contributed by atoms with Crippen molar-refractivity contribution in [3.05, 3.63) is 34.2 Å². The third kappa shape index (κ3) is 3.12. The minimum atomic E-state index is -0.604. The Balaban J connectivity index is 2.02. The Morgan fingerprint density at radius 3 is 2.89 bits per heavy atom. The Hall–Kier alpha value is -2.78. The van der Waals surface area contributed by atoms with Crippen LogP contribution in [0.15, 0.2) is 16.7 Å². The van der Waals surface area contributed by atoms with Crippen molar-refractivity contribution < 1.29 is 18.9 Å². The third-order valence-corrected chi connectivity index (χ3v) is 2.14. The van der Waals surface area contributed by atoms with Crippen LogP contribution in [0.3, 0.4) is 0 Å². The van der Waals surface area contributed by atoms with Gasteiger partial charge in [-0.15, -0.1) is 10.2 Å². The number of nitrogens with zero attached hydrogens (tertiary/aromatic N) is 5. The third-order valence-electron chi connectivity index (χ3n) is 2.14. The zero-order chi connectivity index (χ0) is 13.8. The second-order valence-corrected chi connectivity index (χ2v) is 3.47. The van der Waals surface area contributed by atoms with Crippen LogP contribution in [0.1, 0.15) is 11.8 Å². The highest BCUT2D eigenvalue weighted by Gasteiger charge is 2.15. The van der Waals surface area contributed by atoms with Gasteiger partial charge in [-0.2, -0.15) is 4.68 Å². The number of hydrogen-bond donors (Lipinski definition) is 0. The van der Waals surface area contributed by atoms with Gasteiger partial charge in [-0.1, -0.05) is 0 Å². The lowest BCUT2D eigenvalue weighted by atomic mass is 10.4. The monoisotopic (exact) mass is 267 g/mol. The molecule has 10 nitrogen and oxygen atoms in total. The van der Waals surface area contributed by atoms with Gasteiger partial charge in [0, 0.05) is 0 Å². The highest BCUT2D eigenvalue weighted by Crippen LogP contribution is 2.08. The average molecular weight is 267 g/mol. The Kier molecular flexibility index (Phi) is 3.50. The highest BCUT2D eigenvalue weighted by molar-refractivity contribution is 5.70. The van der Waals surface area contributed by atoms with Gasteiger partial charge in [-0.3, -0.25) is 4.79 Å². The summed E-state index contributed by atoms with van der Waals surface area (Å²) in [6.07, 6.45) is 1.30. The number of rotatable bonds is 5. The van der Waals surface area contributed by atoms with Crippen molar-refractivity contribution in [1.29, 1.82) is 0 Å². The van der Waals surface area contributed by atoms with Crippen molar-refractivity contribution >= 4 is 11.8 Å². The quantitative estimate of drug-likeness (QED) is 0.418. The second-order valence-electron chi connectivity index (χ2n) is 3.47. The van der Waals surface area contributed by atoms with Crippen LogP contribution in [0.25, 0.3) is 0 Å². The molecule has 2 aromatic heterocycles. The fourth-order valence-corrected chi connectivity index (χ4v) is 1.29. The van der Waals surface area contributed by atoms with Gasteiger partial charge < -0.3 is 19.3 Å². The summed E-state index contributed by atoms with van der Waals surface area (Å²) in [7, 11) is 1.25. The highest BCUT2D eigenvalue weighted by atomic mass is 16.6. The molecule has 0 aliphatic rings. The Morgan fingerprint density at radius 1 is 1.53 bits per heavy atom. The molecule has 10 heteroatoms. The van der Waals surface area contributed by atoms with Gasteiger partial charge in [-0.25, -0.2) is 0 Å². The molecule has 0 amide bonds. The number of nitro groups is 1. The molecule has 0 unspecified atom stereocenters. The molecule has 0 aromatic carbocycles. The van der Waals surface area contributed by atoms with Gasteiger partial charge in [0.25, 0.3) is 0 Å². The maximum absolute atomic E-state index is 11.0. The topological polar surface area (TPSA) is 126 Å². The fraction of sp³-hybridized carbons (Fsp3) is 0.333. The summed E-state index contributed by atoms with van der Waals surface area (Å²) >= 11 is 0. The van der Waals surface area contributed by atoms with E-state index in [9.17, 15) is 14.9 Å². The molecule has 0 radical (unpaired) electrons. The minimum absolute atomic E-state index is 0.0853. The lowest BCUT2D eigenvalue weighted by Crippen LogP contribution is -2.04. The number of esters is 1. The second kappa shape index (κ2) is 5.25. The Bertz CT molecular complexity index is 604. The molecule has 0 fully saturated rings.